The number of nitrogens with zero attached hydrogens (tertiary/aromatic N) is 1. The molecule has 0 aromatic heterocycles. The van der Waals surface area contributed by atoms with E-state index in [9.17, 15) is 5.11 Å². The third-order valence-corrected chi connectivity index (χ3v) is 3.48. The van der Waals surface area contributed by atoms with Gasteiger partial charge in [0.25, 0.3) is 0 Å². The van der Waals surface area contributed by atoms with Crippen LogP contribution in [0.1, 0.15) is 46.0 Å². The zero-order valence-electron chi connectivity index (χ0n) is 7.93. The zero-order valence-corrected chi connectivity index (χ0v) is 7.93. The Bertz CT molecular complexity index is 196. The minimum Gasteiger partial charge on any atom is -0.388 e. The van der Waals surface area contributed by atoms with Gasteiger partial charge in [-0.2, -0.15) is 5.26 Å². The van der Waals surface area contributed by atoms with Crippen molar-refractivity contribution in [3.63, 3.8) is 0 Å². The first-order valence-corrected chi connectivity index (χ1v) is 4.78. The van der Waals surface area contributed by atoms with E-state index in [1.165, 1.54) is 0 Å². The van der Waals surface area contributed by atoms with Crippen LogP contribution >= 0.6 is 0 Å². The van der Waals surface area contributed by atoms with Crippen molar-refractivity contribution >= 4 is 0 Å². The summed E-state index contributed by atoms with van der Waals surface area (Å²) in [6.07, 6.45) is 4.23. The Morgan fingerprint density at radius 3 is 2.00 bits per heavy atom. The first-order chi connectivity index (χ1) is 5.64. The molecule has 1 rings (SSSR count). The largest absolute Gasteiger partial charge is 0.388 e. The van der Waals surface area contributed by atoms with Crippen molar-refractivity contribution in [2.75, 3.05) is 0 Å². The monoisotopic (exact) mass is 167 g/mol. The normalized spacial score (nSPS) is 21.2. The minimum atomic E-state index is -0.736. The van der Waals surface area contributed by atoms with Crippen molar-refractivity contribution in [2.45, 2.75) is 51.6 Å². The fourth-order valence-corrected chi connectivity index (χ4v) is 2.14. The van der Waals surface area contributed by atoms with Crippen molar-refractivity contribution < 1.29 is 5.11 Å². The predicted octanol–water partition coefficient (Wildman–Crippen LogP) is 2.23. The highest BCUT2D eigenvalue weighted by atomic mass is 16.3. The molecule has 0 heterocycles. The first kappa shape index (κ1) is 9.54. The van der Waals surface area contributed by atoms with Gasteiger partial charge in [0.1, 0.15) is 0 Å². The number of rotatable bonds is 3. The summed E-state index contributed by atoms with van der Waals surface area (Å²) in [4.78, 5) is 0. The molecule has 2 nitrogen and oxygen atoms in total. The highest BCUT2D eigenvalue weighted by Crippen LogP contribution is 2.51. The molecule has 0 aromatic rings. The quantitative estimate of drug-likeness (QED) is 0.700. The average molecular weight is 167 g/mol. The second-order valence-electron chi connectivity index (χ2n) is 3.79. The Kier molecular flexibility index (Phi) is 2.44. The van der Waals surface area contributed by atoms with E-state index in [1.54, 1.807) is 0 Å². The van der Waals surface area contributed by atoms with E-state index in [0.717, 1.165) is 19.3 Å². The number of hydrogen-bond acceptors (Lipinski definition) is 2. The lowest BCUT2D eigenvalue weighted by atomic mass is 9.58. The van der Waals surface area contributed by atoms with Crippen LogP contribution in [-0.2, 0) is 0 Å². The topological polar surface area (TPSA) is 44.0 Å². The summed E-state index contributed by atoms with van der Waals surface area (Å²) in [6, 6.07) is 2.31. The van der Waals surface area contributed by atoms with E-state index < -0.39 is 11.0 Å². The van der Waals surface area contributed by atoms with Gasteiger partial charge in [0.15, 0.2) is 0 Å². The Morgan fingerprint density at radius 1 is 1.42 bits per heavy atom. The number of aliphatic hydroxyl groups is 1. The van der Waals surface area contributed by atoms with Crippen LogP contribution in [0.25, 0.3) is 0 Å². The molecule has 1 aliphatic carbocycles. The fraction of sp³-hybridized carbons (Fsp3) is 0.900. The van der Waals surface area contributed by atoms with Crippen molar-refractivity contribution in [1.29, 1.82) is 5.26 Å². The predicted molar refractivity (Wildman–Crippen MR) is 47.4 cm³/mol. The van der Waals surface area contributed by atoms with E-state index in [1.807, 2.05) is 13.8 Å². The van der Waals surface area contributed by atoms with E-state index in [-0.39, 0.29) is 0 Å². The Balaban J connectivity index is 2.84. The van der Waals surface area contributed by atoms with Crippen LogP contribution in [0.4, 0.5) is 0 Å². The van der Waals surface area contributed by atoms with Gasteiger partial charge >= 0.3 is 0 Å². The summed E-state index contributed by atoms with van der Waals surface area (Å²) < 4.78 is 0. The summed E-state index contributed by atoms with van der Waals surface area (Å²) in [7, 11) is 0. The van der Waals surface area contributed by atoms with Gasteiger partial charge < -0.3 is 5.11 Å². The highest BCUT2D eigenvalue weighted by molar-refractivity contribution is 5.14. The van der Waals surface area contributed by atoms with Crippen LogP contribution in [0.2, 0.25) is 0 Å². The summed E-state index contributed by atoms with van der Waals surface area (Å²) in [5.41, 5.74) is -1.16. The lowest BCUT2D eigenvalue weighted by molar-refractivity contribution is -0.0987. The van der Waals surface area contributed by atoms with Gasteiger partial charge in [0.2, 0.25) is 0 Å². The van der Waals surface area contributed by atoms with Crippen LogP contribution < -0.4 is 0 Å². The molecule has 1 N–H and O–H groups in total. The van der Waals surface area contributed by atoms with Gasteiger partial charge in [-0.05, 0) is 25.7 Å². The molecule has 0 spiro atoms. The second kappa shape index (κ2) is 3.06. The van der Waals surface area contributed by atoms with Crippen LogP contribution in [-0.4, -0.2) is 10.7 Å². The number of nitriles is 1. The molecule has 1 fully saturated rings. The molecule has 0 bridgehead atoms. The van der Waals surface area contributed by atoms with Gasteiger partial charge in [-0.1, -0.05) is 20.3 Å². The average Bonchev–Trinajstić information content (AvgIpc) is 2.03. The molecule has 0 aliphatic heterocycles. The molecule has 1 aliphatic rings. The molecule has 2 heteroatoms. The molecule has 0 atom stereocenters. The summed E-state index contributed by atoms with van der Waals surface area (Å²) in [5.74, 6) is 0. The molecule has 0 amide bonds. The van der Waals surface area contributed by atoms with E-state index in [0.29, 0.717) is 12.8 Å². The second-order valence-corrected chi connectivity index (χ2v) is 3.79. The van der Waals surface area contributed by atoms with Gasteiger partial charge in [0, 0.05) is 0 Å². The first-order valence-electron chi connectivity index (χ1n) is 4.78. The SMILES string of the molecule is CCC(O)(CC)C1(C#N)CCC1. The summed E-state index contributed by atoms with van der Waals surface area (Å²) >= 11 is 0. The van der Waals surface area contributed by atoms with Gasteiger partial charge in [-0.25, -0.2) is 0 Å². The molecule has 1 saturated carbocycles. The maximum atomic E-state index is 10.2. The van der Waals surface area contributed by atoms with Gasteiger partial charge in [0.05, 0.1) is 17.1 Å². The van der Waals surface area contributed by atoms with Crippen LogP contribution in [0.3, 0.4) is 0 Å². The van der Waals surface area contributed by atoms with Crippen LogP contribution in [0, 0.1) is 16.7 Å². The van der Waals surface area contributed by atoms with Crippen molar-refractivity contribution in [3.05, 3.63) is 0 Å². The van der Waals surface area contributed by atoms with Crippen molar-refractivity contribution in [3.8, 4) is 6.07 Å². The molecule has 0 saturated heterocycles. The zero-order chi connectivity index (χ0) is 9.24. The molecule has 12 heavy (non-hydrogen) atoms. The smallest absolute Gasteiger partial charge is 0.0860 e. The maximum absolute atomic E-state index is 10.2. The van der Waals surface area contributed by atoms with E-state index in [4.69, 9.17) is 5.26 Å². The van der Waals surface area contributed by atoms with Gasteiger partial charge in [-0.15, -0.1) is 0 Å². The van der Waals surface area contributed by atoms with Gasteiger partial charge in [-0.3, -0.25) is 0 Å². The fourth-order valence-electron chi connectivity index (χ4n) is 2.14. The Labute approximate surface area is 74.2 Å². The van der Waals surface area contributed by atoms with Crippen LogP contribution in [0.5, 0.6) is 0 Å². The Morgan fingerprint density at radius 2 is 1.92 bits per heavy atom. The molecular formula is C10H17NO. The maximum Gasteiger partial charge on any atom is 0.0860 e. The molecule has 0 aromatic carbocycles. The molecule has 0 unspecified atom stereocenters. The van der Waals surface area contributed by atoms with Crippen molar-refractivity contribution in [1.82, 2.24) is 0 Å². The third kappa shape index (κ3) is 1.04. The summed E-state index contributed by atoms with van der Waals surface area (Å²) in [5, 5.41) is 19.2. The van der Waals surface area contributed by atoms with E-state index >= 15 is 0 Å². The molecular weight excluding hydrogens is 150 g/mol. The van der Waals surface area contributed by atoms with Crippen LogP contribution in [0.15, 0.2) is 0 Å². The minimum absolute atomic E-state index is 0.420. The molecule has 0 radical (unpaired) electrons. The lowest BCUT2D eigenvalue weighted by Crippen LogP contribution is -2.50. The summed E-state index contributed by atoms with van der Waals surface area (Å²) in [6.45, 7) is 3.92. The third-order valence-electron chi connectivity index (χ3n) is 3.48. The van der Waals surface area contributed by atoms with E-state index in [2.05, 4.69) is 6.07 Å². The lowest BCUT2D eigenvalue weighted by Gasteiger charge is -2.47. The molecule has 68 valence electrons. The van der Waals surface area contributed by atoms with Crippen molar-refractivity contribution in [2.24, 2.45) is 5.41 Å². The Hall–Kier alpha value is -0.550. The standard InChI is InChI=1S/C10H17NO/c1-3-10(12,4-2)9(8-11)6-5-7-9/h12H,3-7H2,1-2H3. The highest BCUT2D eigenvalue weighted by Gasteiger charge is 2.52. The number of hydrogen-bond donors (Lipinski definition) is 1.